The van der Waals surface area contributed by atoms with Crippen molar-refractivity contribution in [1.29, 1.82) is 0 Å². The lowest BCUT2D eigenvalue weighted by molar-refractivity contribution is -0.120. The minimum Gasteiger partial charge on any atom is -0.465 e. The van der Waals surface area contributed by atoms with Gasteiger partial charge < -0.3 is 15.4 Å². The molecular formula is C20H24N2O3. The molecule has 0 unspecified atom stereocenters. The summed E-state index contributed by atoms with van der Waals surface area (Å²) in [5, 5.41) is 6.17. The van der Waals surface area contributed by atoms with Crippen LogP contribution in [-0.4, -0.2) is 19.0 Å². The summed E-state index contributed by atoms with van der Waals surface area (Å²) in [5.74, 6) is -0.279. The topological polar surface area (TPSA) is 67.4 Å². The molecule has 5 nitrogen and oxygen atoms in total. The highest BCUT2D eigenvalue weighted by Crippen LogP contribution is 2.21. The maximum absolute atomic E-state index is 12.1. The molecule has 0 heterocycles. The largest absolute Gasteiger partial charge is 0.465 e. The molecule has 0 aliphatic carbocycles. The summed E-state index contributed by atoms with van der Waals surface area (Å²) in [6.07, 6.45) is 1.66. The molecule has 2 aromatic carbocycles. The highest BCUT2D eigenvalue weighted by Gasteiger charge is 2.13. The number of nitrogens with one attached hydrogen (secondary N) is 2. The molecule has 0 saturated carbocycles. The SMILES string of the molecule is CCC(CC)C(=O)Nc1ccc(Nc2cccc(C(=O)OC)c2)cc1. The zero-order valence-corrected chi connectivity index (χ0v) is 14.8. The predicted molar refractivity (Wildman–Crippen MR) is 100 cm³/mol. The number of rotatable bonds is 7. The molecule has 0 aromatic heterocycles. The third-order valence-corrected chi connectivity index (χ3v) is 4.08. The van der Waals surface area contributed by atoms with Crippen molar-refractivity contribution in [2.75, 3.05) is 17.7 Å². The average molecular weight is 340 g/mol. The zero-order chi connectivity index (χ0) is 18.2. The summed E-state index contributed by atoms with van der Waals surface area (Å²) in [6.45, 7) is 4.03. The molecule has 25 heavy (non-hydrogen) atoms. The summed E-state index contributed by atoms with van der Waals surface area (Å²) in [5.41, 5.74) is 2.91. The number of esters is 1. The first-order valence-electron chi connectivity index (χ1n) is 8.43. The number of anilines is 3. The van der Waals surface area contributed by atoms with Crippen molar-refractivity contribution in [3.8, 4) is 0 Å². The first-order chi connectivity index (χ1) is 12.1. The quantitative estimate of drug-likeness (QED) is 0.723. The van der Waals surface area contributed by atoms with E-state index in [0.29, 0.717) is 5.56 Å². The monoisotopic (exact) mass is 340 g/mol. The second-order valence-electron chi connectivity index (χ2n) is 5.78. The maximum Gasteiger partial charge on any atom is 0.337 e. The van der Waals surface area contributed by atoms with Gasteiger partial charge in [-0.1, -0.05) is 19.9 Å². The van der Waals surface area contributed by atoms with Crippen LogP contribution in [0.1, 0.15) is 37.0 Å². The fraction of sp³-hybridized carbons (Fsp3) is 0.300. The smallest absolute Gasteiger partial charge is 0.337 e. The average Bonchev–Trinajstić information content (AvgIpc) is 2.64. The molecule has 0 fully saturated rings. The van der Waals surface area contributed by atoms with Gasteiger partial charge in [-0.3, -0.25) is 4.79 Å². The van der Waals surface area contributed by atoms with Crippen molar-refractivity contribution >= 4 is 28.9 Å². The highest BCUT2D eigenvalue weighted by atomic mass is 16.5. The van der Waals surface area contributed by atoms with Crippen LogP contribution in [0.15, 0.2) is 48.5 Å². The van der Waals surface area contributed by atoms with Crippen molar-refractivity contribution in [2.45, 2.75) is 26.7 Å². The number of ether oxygens (including phenoxy) is 1. The normalized spacial score (nSPS) is 10.4. The van der Waals surface area contributed by atoms with Gasteiger partial charge in [0.15, 0.2) is 0 Å². The van der Waals surface area contributed by atoms with E-state index in [2.05, 4.69) is 10.6 Å². The van der Waals surface area contributed by atoms with E-state index in [9.17, 15) is 9.59 Å². The van der Waals surface area contributed by atoms with Crippen molar-refractivity contribution < 1.29 is 14.3 Å². The molecule has 0 bridgehead atoms. The van der Waals surface area contributed by atoms with Gasteiger partial charge in [-0.2, -0.15) is 0 Å². The third-order valence-electron chi connectivity index (χ3n) is 4.08. The number of hydrogen-bond donors (Lipinski definition) is 2. The molecular weight excluding hydrogens is 316 g/mol. The lowest BCUT2D eigenvalue weighted by Gasteiger charge is -2.13. The van der Waals surface area contributed by atoms with Crippen LogP contribution in [0.3, 0.4) is 0 Å². The summed E-state index contributed by atoms with van der Waals surface area (Å²) in [4.78, 5) is 23.7. The van der Waals surface area contributed by atoms with Gasteiger partial charge in [-0.25, -0.2) is 4.79 Å². The third kappa shape index (κ3) is 5.08. The Morgan fingerprint density at radius 1 is 0.960 bits per heavy atom. The molecule has 0 saturated heterocycles. The van der Waals surface area contributed by atoms with Crippen LogP contribution in [-0.2, 0) is 9.53 Å². The lowest BCUT2D eigenvalue weighted by atomic mass is 10.0. The van der Waals surface area contributed by atoms with Gasteiger partial charge >= 0.3 is 5.97 Å². The Kier molecular flexibility index (Phi) is 6.57. The van der Waals surface area contributed by atoms with Gasteiger partial charge in [-0.05, 0) is 55.3 Å². The van der Waals surface area contributed by atoms with Crippen molar-refractivity contribution in [3.63, 3.8) is 0 Å². The Hall–Kier alpha value is -2.82. The highest BCUT2D eigenvalue weighted by molar-refractivity contribution is 5.93. The van der Waals surface area contributed by atoms with Crippen LogP contribution in [0.2, 0.25) is 0 Å². The lowest BCUT2D eigenvalue weighted by Crippen LogP contribution is -2.21. The van der Waals surface area contributed by atoms with Crippen molar-refractivity contribution in [2.24, 2.45) is 5.92 Å². The van der Waals surface area contributed by atoms with Gasteiger partial charge in [-0.15, -0.1) is 0 Å². The van der Waals surface area contributed by atoms with Crippen LogP contribution in [0.5, 0.6) is 0 Å². The van der Waals surface area contributed by atoms with E-state index in [1.165, 1.54) is 7.11 Å². The van der Waals surface area contributed by atoms with Gasteiger partial charge in [0.25, 0.3) is 0 Å². The second-order valence-corrected chi connectivity index (χ2v) is 5.78. The molecule has 0 spiro atoms. The Balaban J connectivity index is 2.03. The molecule has 2 aromatic rings. The summed E-state index contributed by atoms with van der Waals surface area (Å²) in [7, 11) is 1.36. The van der Waals surface area contributed by atoms with E-state index < -0.39 is 0 Å². The molecule has 0 radical (unpaired) electrons. The van der Waals surface area contributed by atoms with E-state index in [0.717, 1.165) is 29.9 Å². The number of amides is 1. The number of methoxy groups -OCH3 is 1. The summed E-state index contributed by atoms with van der Waals surface area (Å²) >= 11 is 0. The van der Waals surface area contributed by atoms with Gasteiger partial charge in [0.05, 0.1) is 12.7 Å². The Labute approximate surface area is 148 Å². The second kappa shape index (κ2) is 8.87. The minimum atomic E-state index is -0.372. The predicted octanol–water partition coefficient (Wildman–Crippen LogP) is 4.59. The molecule has 132 valence electrons. The van der Waals surface area contributed by atoms with Gasteiger partial charge in [0.1, 0.15) is 0 Å². The summed E-state index contributed by atoms with van der Waals surface area (Å²) in [6, 6.07) is 14.6. The summed E-state index contributed by atoms with van der Waals surface area (Å²) < 4.78 is 4.72. The van der Waals surface area contributed by atoms with E-state index in [1.807, 2.05) is 44.2 Å². The first kappa shape index (κ1) is 18.5. The van der Waals surface area contributed by atoms with Crippen molar-refractivity contribution in [3.05, 3.63) is 54.1 Å². The molecule has 5 heteroatoms. The molecule has 0 atom stereocenters. The number of carbonyl (C=O) groups is 2. The molecule has 2 N–H and O–H groups in total. The fourth-order valence-corrected chi connectivity index (χ4v) is 2.55. The Bertz CT molecular complexity index is 722. The van der Waals surface area contributed by atoms with Crippen LogP contribution in [0.4, 0.5) is 17.1 Å². The van der Waals surface area contributed by atoms with Gasteiger partial charge in [0.2, 0.25) is 5.91 Å². The van der Waals surface area contributed by atoms with Crippen LogP contribution < -0.4 is 10.6 Å². The molecule has 0 aliphatic heterocycles. The zero-order valence-electron chi connectivity index (χ0n) is 14.8. The van der Waals surface area contributed by atoms with E-state index in [1.54, 1.807) is 18.2 Å². The standard InChI is InChI=1S/C20H24N2O3/c1-4-14(5-2)19(23)22-17-11-9-16(10-12-17)21-18-8-6-7-15(13-18)20(24)25-3/h6-14,21H,4-5H2,1-3H3,(H,22,23). The van der Waals surface area contributed by atoms with Crippen molar-refractivity contribution in [1.82, 2.24) is 0 Å². The van der Waals surface area contributed by atoms with E-state index in [-0.39, 0.29) is 17.8 Å². The Morgan fingerprint density at radius 3 is 2.20 bits per heavy atom. The van der Waals surface area contributed by atoms with Crippen LogP contribution >= 0.6 is 0 Å². The number of hydrogen-bond acceptors (Lipinski definition) is 4. The number of carbonyl (C=O) groups excluding carboxylic acids is 2. The van der Waals surface area contributed by atoms with Crippen LogP contribution in [0, 0.1) is 5.92 Å². The van der Waals surface area contributed by atoms with Gasteiger partial charge in [0, 0.05) is 23.0 Å². The molecule has 1 amide bonds. The van der Waals surface area contributed by atoms with E-state index in [4.69, 9.17) is 4.74 Å². The maximum atomic E-state index is 12.1. The fourth-order valence-electron chi connectivity index (χ4n) is 2.55. The first-order valence-corrected chi connectivity index (χ1v) is 8.43. The van der Waals surface area contributed by atoms with E-state index >= 15 is 0 Å². The molecule has 2 rings (SSSR count). The van der Waals surface area contributed by atoms with Crippen LogP contribution in [0.25, 0.3) is 0 Å². The number of benzene rings is 2. The Morgan fingerprint density at radius 2 is 1.60 bits per heavy atom. The molecule has 0 aliphatic rings. The minimum absolute atomic E-state index is 0.0406.